The van der Waals surface area contributed by atoms with E-state index in [1.165, 1.54) is 24.3 Å². The number of rotatable bonds is 7. The zero-order valence-corrected chi connectivity index (χ0v) is 21.1. The summed E-state index contributed by atoms with van der Waals surface area (Å²) in [5, 5.41) is 0. The molecule has 1 fully saturated rings. The molecule has 34 heavy (non-hydrogen) atoms. The van der Waals surface area contributed by atoms with Crippen molar-refractivity contribution in [3.8, 4) is 5.75 Å². The Morgan fingerprint density at radius 2 is 1.76 bits per heavy atom. The first-order valence-electron chi connectivity index (χ1n) is 12.5. The Kier molecular flexibility index (Phi) is 7.94. The second-order valence-corrected chi connectivity index (χ2v) is 11.3. The van der Waals surface area contributed by atoms with Crippen LogP contribution in [0.2, 0.25) is 0 Å². The van der Waals surface area contributed by atoms with Gasteiger partial charge in [-0.2, -0.15) is 4.31 Å². The van der Waals surface area contributed by atoms with Crippen LogP contribution in [0.25, 0.3) is 0 Å². The fourth-order valence-corrected chi connectivity index (χ4v) is 6.93. The third-order valence-corrected chi connectivity index (χ3v) is 9.00. The Balaban J connectivity index is 1.64. The van der Waals surface area contributed by atoms with Crippen molar-refractivity contribution in [3.63, 3.8) is 0 Å². The predicted octanol–water partition coefficient (Wildman–Crippen LogP) is 4.67. The lowest BCUT2D eigenvalue weighted by Crippen LogP contribution is -2.44. The summed E-state index contributed by atoms with van der Waals surface area (Å²) in [6.45, 7) is 3.73. The molecule has 0 aromatic heterocycles. The van der Waals surface area contributed by atoms with E-state index in [0.29, 0.717) is 25.2 Å². The summed E-state index contributed by atoms with van der Waals surface area (Å²) in [5.74, 6) is 0.177. The van der Waals surface area contributed by atoms with Crippen molar-refractivity contribution in [2.24, 2.45) is 0 Å². The van der Waals surface area contributed by atoms with Gasteiger partial charge in [0.15, 0.2) is 0 Å². The van der Waals surface area contributed by atoms with E-state index in [-0.39, 0.29) is 22.6 Å². The average molecular weight is 485 g/mol. The van der Waals surface area contributed by atoms with Crippen LogP contribution < -0.4 is 4.74 Å². The van der Waals surface area contributed by atoms with Crippen LogP contribution in [-0.4, -0.2) is 56.3 Å². The van der Waals surface area contributed by atoms with E-state index in [4.69, 9.17) is 4.74 Å². The number of hydrogen-bond acceptors (Lipinski definition) is 4. The highest BCUT2D eigenvalue weighted by atomic mass is 32.2. The Morgan fingerprint density at radius 3 is 2.44 bits per heavy atom. The first kappa shape index (κ1) is 24.7. The first-order valence-corrected chi connectivity index (χ1v) is 14.0. The lowest BCUT2D eigenvalue weighted by atomic mass is 9.87. The Labute approximate surface area is 204 Å². The van der Waals surface area contributed by atoms with Gasteiger partial charge in [0.05, 0.1) is 7.11 Å². The van der Waals surface area contributed by atoms with Crippen LogP contribution in [0.15, 0.2) is 47.4 Å². The number of amides is 1. The number of ether oxygens (including phenoxy) is 1. The molecule has 1 unspecified atom stereocenters. The van der Waals surface area contributed by atoms with Gasteiger partial charge >= 0.3 is 0 Å². The smallest absolute Gasteiger partial charge is 0.254 e. The number of methoxy groups -OCH3 is 1. The molecule has 2 aromatic carbocycles. The number of hydrogen-bond donors (Lipinski definition) is 0. The molecule has 7 heteroatoms. The second kappa shape index (κ2) is 10.9. The van der Waals surface area contributed by atoms with E-state index in [1.54, 1.807) is 16.4 Å². The molecule has 2 aromatic rings. The van der Waals surface area contributed by atoms with E-state index >= 15 is 0 Å². The molecule has 4 rings (SSSR count). The number of nitrogens with zero attached hydrogens (tertiary/aromatic N) is 2. The summed E-state index contributed by atoms with van der Waals surface area (Å²) in [4.78, 5) is 15.8. The third-order valence-electron chi connectivity index (χ3n) is 7.08. The molecule has 0 N–H and O–H groups in total. The number of benzene rings is 2. The lowest BCUT2D eigenvalue weighted by Gasteiger charge is -2.35. The SMILES string of the molecule is CCCN(C(=O)c1ccc(OC)c(S(=O)(=O)N2CCCCCC2)c1)C1CCc2ccccc2C1. The molecule has 0 spiro atoms. The highest BCUT2D eigenvalue weighted by Gasteiger charge is 2.32. The Morgan fingerprint density at radius 1 is 1.06 bits per heavy atom. The van der Waals surface area contributed by atoms with Gasteiger partial charge in [-0.05, 0) is 67.9 Å². The largest absolute Gasteiger partial charge is 0.495 e. The molecule has 1 aliphatic carbocycles. The van der Waals surface area contributed by atoms with Crippen LogP contribution in [-0.2, 0) is 22.9 Å². The molecule has 2 aliphatic rings. The van der Waals surface area contributed by atoms with Crippen molar-refractivity contribution in [2.75, 3.05) is 26.7 Å². The summed E-state index contributed by atoms with van der Waals surface area (Å²) < 4.78 is 34.1. The summed E-state index contributed by atoms with van der Waals surface area (Å²) in [6, 6.07) is 13.4. The Hall–Kier alpha value is -2.38. The fraction of sp³-hybridized carbons (Fsp3) is 0.519. The second-order valence-electron chi connectivity index (χ2n) is 9.35. The third kappa shape index (κ3) is 5.15. The first-order chi connectivity index (χ1) is 16.5. The molecular formula is C27H36N2O4S. The molecule has 1 saturated heterocycles. The van der Waals surface area contributed by atoms with E-state index in [2.05, 4.69) is 31.2 Å². The minimum atomic E-state index is -3.75. The van der Waals surface area contributed by atoms with Crippen LogP contribution >= 0.6 is 0 Å². The monoisotopic (exact) mass is 484 g/mol. The molecule has 184 valence electrons. The normalized spacial score (nSPS) is 19.2. The van der Waals surface area contributed by atoms with Crippen molar-refractivity contribution in [1.82, 2.24) is 9.21 Å². The highest BCUT2D eigenvalue weighted by Crippen LogP contribution is 2.31. The molecule has 1 amide bonds. The van der Waals surface area contributed by atoms with Crippen molar-refractivity contribution >= 4 is 15.9 Å². The minimum Gasteiger partial charge on any atom is -0.495 e. The quantitative estimate of drug-likeness (QED) is 0.573. The number of carbonyl (C=O) groups excluding carboxylic acids is 1. The van der Waals surface area contributed by atoms with Gasteiger partial charge in [-0.1, -0.05) is 44.0 Å². The number of fused-ring (bicyclic) bond motifs is 1. The van der Waals surface area contributed by atoms with Crippen LogP contribution in [0.4, 0.5) is 0 Å². The minimum absolute atomic E-state index is 0.0909. The van der Waals surface area contributed by atoms with Gasteiger partial charge in [-0.3, -0.25) is 4.79 Å². The number of sulfonamides is 1. The number of carbonyl (C=O) groups is 1. The predicted molar refractivity (Wildman–Crippen MR) is 134 cm³/mol. The average Bonchev–Trinajstić information content (AvgIpc) is 3.16. The van der Waals surface area contributed by atoms with E-state index < -0.39 is 10.0 Å². The van der Waals surface area contributed by atoms with Crippen LogP contribution in [0, 0.1) is 0 Å². The molecular weight excluding hydrogens is 448 g/mol. The van der Waals surface area contributed by atoms with Crippen LogP contribution in [0.5, 0.6) is 5.75 Å². The zero-order chi connectivity index (χ0) is 24.1. The molecule has 6 nitrogen and oxygen atoms in total. The molecule has 0 radical (unpaired) electrons. The standard InChI is InChI=1S/C27H36N2O4S/c1-3-16-29(24-14-12-21-10-6-7-11-22(21)19-24)27(30)23-13-15-25(33-2)26(20-23)34(31,32)28-17-8-4-5-9-18-28/h6-7,10-11,13,15,20,24H,3-5,8-9,12,14,16-19H2,1-2H3. The summed E-state index contributed by atoms with van der Waals surface area (Å²) in [6.07, 6.45) is 7.33. The van der Waals surface area contributed by atoms with Crippen LogP contribution in [0.1, 0.15) is 66.9 Å². The summed E-state index contributed by atoms with van der Waals surface area (Å²) in [7, 11) is -2.28. The van der Waals surface area contributed by atoms with Gasteiger partial charge < -0.3 is 9.64 Å². The van der Waals surface area contributed by atoms with E-state index in [0.717, 1.165) is 51.4 Å². The van der Waals surface area contributed by atoms with Gasteiger partial charge in [-0.25, -0.2) is 8.42 Å². The summed E-state index contributed by atoms with van der Waals surface area (Å²) in [5.41, 5.74) is 3.06. The summed E-state index contributed by atoms with van der Waals surface area (Å²) >= 11 is 0. The van der Waals surface area contributed by atoms with Crippen molar-refractivity contribution in [1.29, 1.82) is 0 Å². The van der Waals surface area contributed by atoms with Crippen molar-refractivity contribution < 1.29 is 17.9 Å². The molecule has 0 saturated carbocycles. The van der Waals surface area contributed by atoms with E-state index in [9.17, 15) is 13.2 Å². The van der Waals surface area contributed by atoms with Gasteiger partial charge in [0.2, 0.25) is 10.0 Å². The molecule has 1 heterocycles. The van der Waals surface area contributed by atoms with Gasteiger partial charge in [-0.15, -0.1) is 0 Å². The zero-order valence-electron chi connectivity index (χ0n) is 20.3. The maximum atomic E-state index is 13.7. The lowest BCUT2D eigenvalue weighted by molar-refractivity contribution is 0.0661. The number of aryl methyl sites for hydroxylation is 1. The molecule has 1 atom stereocenters. The van der Waals surface area contributed by atoms with Crippen molar-refractivity contribution in [3.05, 3.63) is 59.2 Å². The van der Waals surface area contributed by atoms with E-state index in [1.807, 2.05) is 4.90 Å². The topological polar surface area (TPSA) is 66.9 Å². The van der Waals surface area contributed by atoms with Crippen molar-refractivity contribution in [2.45, 2.75) is 69.2 Å². The highest BCUT2D eigenvalue weighted by molar-refractivity contribution is 7.89. The van der Waals surface area contributed by atoms with Gasteiger partial charge in [0, 0.05) is 31.2 Å². The molecule has 1 aliphatic heterocycles. The maximum Gasteiger partial charge on any atom is 0.254 e. The fourth-order valence-electron chi connectivity index (χ4n) is 5.23. The van der Waals surface area contributed by atoms with Gasteiger partial charge in [0.1, 0.15) is 10.6 Å². The maximum absolute atomic E-state index is 13.7. The molecule has 0 bridgehead atoms. The van der Waals surface area contributed by atoms with Crippen LogP contribution in [0.3, 0.4) is 0 Å². The Bertz CT molecular complexity index is 1110. The van der Waals surface area contributed by atoms with Gasteiger partial charge in [0.25, 0.3) is 5.91 Å².